The van der Waals surface area contributed by atoms with Crippen LogP contribution in [0.1, 0.15) is 28.5 Å². The van der Waals surface area contributed by atoms with Crippen molar-refractivity contribution >= 4 is 38.7 Å². The first-order chi connectivity index (χ1) is 14.2. The molecule has 1 aliphatic heterocycles. The van der Waals surface area contributed by atoms with E-state index in [9.17, 15) is 9.59 Å². The van der Waals surface area contributed by atoms with Gasteiger partial charge in [-0.1, -0.05) is 18.2 Å². The Kier molecular flexibility index (Phi) is 3.86. The van der Waals surface area contributed by atoms with E-state index in [1.165, 1.54) is 4.52 Å². The second-order valence-electron chi connectivity index (χ2n) is 8.84. The fourth-order valence-electron chi connectivity index (χ4n) is 5.11. The molecule has 2 aromatic heterocycles. The van der Waals surface area contributed by atoms with Crippen molar-refractivity contribution in [3.63, 3.8) is 0 Å². The summed E-state index contributed by atoms with van der Waals surface area (Å²) in [6, 6.07) is 8.03. The Labute approximate surface area is 174 Å². The third kappa shape index (κ3) is 2.45. The van der Waals surface area contributed by atoms with Crippen LogP contribution in [0.25, 0.3) is 27.1 Å². The molecule has 3 heterocycles. The Morgan fingerprint density at radius 3 is 2.70 bits per heavy atom. The van der Waals surface area contributed by atoms with Crippen molar-refractivity contribution in [1.82, 2.24) is 9.61 Å². The van der Waals surface area contributed by atoms with Crippen LogP contribution in [-0.4, -0.2) is 54.5 Å². The van der Waals surface area contributed by atoms with E-state index in [4.69, 9.17) is 4.74 Å². The lowest BCUT2D eigenvalue weighted by Crippen LogP contribution is -2.50. The first kappa shape index (κ1) is 18.8. The third-order valence-electron chi connectivity index (χ3n) is 6.00. The summed E-state index contributed by atoms with van der Waals surface area (Å²) >= 11 is 0. The molecule has 0 saturated carbocycles. The van der Waals surface area contributed by atoms with E-state index < -0.39 is 5.97 Å². The third-order valence-corrected chi connectivity index (χ3v) is 6.00. The lowest BCUT2D eigenvalue weighted by atomic mass is 9.94. The van der Waals surface area contributed by atoms with Crippen molar-refractivity contribution in [1.29, 1.82) is 0 Å². The monoisotopic (exact) mass is 405 g/mol. The lowest BCUT2D eigenvalue weighted by Gasteiger charge is -2.41. The van der Waals surface area contributed by atoms with Crippen LogP contribution in [0.4, 0.5) is 5.69 Å². The molecule has 7 heteroatoms. The molecule has 0 fully saturated rings. The molecule has 7 nitrogen and oxygen atoms in total. The van der Waals surface area contributed by atoms with Crippen LogP contribution in [0.5, 0.6) is 0 Å². The van der Waals surface area contributed by atoms with Crippen molar-refractivity contribution in [3.05, 3.63) is 51.4 Å². The number of ether oxygens (including phenoxy) is 1. The Bertz CT molecular complexity index is 1400. The number of aromatic nitrogens is 2. The van der Waals surface area contributed by atoms with Crippen LogP contribution in [0.15, 0.2) is 29.1 Å². The molecule has 0 N–H and O–H groups in total. The highest BCUT2D eigenvalue weighted by Gasteiger charge is 2.31. The summed E-state index contributed by atoms with van der Waals surface area (Å²) in [7, 11) is 6.47. The zero-order valence-corrected chi connectivity index (χ0v) is 17.9. The number of carbonyl (C=O) groups excluding carboxylic acids is 1. The van der Waals surface area contributed by atoms with E-state index >= 15 is 0 Å². The number of anilines is 1. The predicted octanol–water partition coefficient (Wildman–Crippen LogP) is 2.91. The summed E-state index contributed by atoms with van der Waals surface area (Å²) in [4.78, 5) is 28.5. The molecule has 0 amide bonds. The van der Waals surface area contributed by atoms with Crippen LogP contribution in [0, 0.1) is 6.92 Å². The van der Waals surface area contributed by atoms with E-state index in [2.05, 4.69) is 37.2 Å². The Balaban J connectivity index is 1.98. The van der Waals surface area contributed by atoms with Crippen LogP contribution in [0.2, 0.25) is 0 Å². The maximum atomic E-state index is 13.5. The van der Waals surface area contributed by atoms with Gasteiger partial charge in [0.15, 0.2) is 6.67 Å². The zero-order valence-electron chi connectivity index (χ0n) is 17.9. The summed E-state index contributed by atoms with van der Waals surface area (Å²) in [5.74, 6) is -0.446. The van der Waals surface area contributed by atoms with Gasteiger partial charge >= 0.3 is 5.97 Å². The van der Waals surface area contributed by atoms with Crippen molar-refractivity contribution in [2.45, 2.75) is 20.4 Å². The van der Waals surface area contributed by atoms with Crippen molar-refractivity contribution in [3.8, 4) is 0 Å². The number of aryl methyl sites for hydroxylation is 1. The van der Waals surface area contributed by atoms with Crippen molar-refractivity contribution in [2.24, 2.45) is 0 Å². The minimum atomic E-state index is -0.446. The Hall–Kier alpha value is -3.19. The van der Waals surface area contributed by atoms with Crippen LogP contribution in [0.3, 0.4) is 0 Å². The first-order valence-corrected chi connectivity index (χ1v) is 10.2. The van der Waals surface area contributed by atoms with Crippen LogP contribution in [-0.2, 0) is 11.3 Å². The minimum Gasteiger partial charge on any atom is -0.462 e. The number of rotatable bonds is 2. The number of hydrogen-bond acceptors (Lipinski definition) is 5. The topological polar surface area (TPSA) is 63.9 Å². The summed E-state index contributed by atoms with van der Waals surface area (Å²) in [5, 5.41) is 7.84. The van der Waals surface area contributed by atoms with Gasteiger partial charge in [-0.05, 0) is 19.9 Å². The second kappa shape index (κ2) is 6.15. The number of benzene rings is 2. The van der Waals surface area contributed by atoms with Gasteiger partial charge in [0, 0.05) is 28.8 Å². The van der Waals surface area contributed by atoms with Gasteiger partial charge in [-0.15, -0.1) is 0 Å². The number of quaternary nitrogens is 1. The largest absolute Gasteiger partial charge is 0.462 e. The van der Waals surface area contributed by atoms with Gasteiger partial charge < -0.3 is 14.1 Å². The summed E-state index contributed by atoms with van der Waals surface area (Å²) in [6.45, 7) is 5.51. The van der Waals surface area contributed by atoms with Crippen LogP contribution >= 0.6 is 0 Å². The molecule has 30 heavy (non-hydrogen) atoms. The minimum absolute atomic E-state index is 0.200. The molecule has 1 aliphatic rings. The molecule has 0 saturated heterocycles. The molecule has 2 aromatic carbocycles. The second-order valence-corrected chi connectivity index (χ2v) is 8.84. The van der Waals surface area contributed by atoms with Gasteiger partial charge in [0.05, 0.1) is 43.0 Å². The number of fused-ring (bicyclic) bond motifs is 4. The van der Waals surface area contributed by atoms with Crippen molar-refractivity contribution < 1.29 is 14.0 Å². The van der Waals surface area contributed by atoms with E-state index in [0.717, 1.165) is 45.1 Å². The molecule has 5 rings (SSSR count). The number of nitrogens with zero attached hydrogens (tertiary/aromatic N) is 4. The maximum absolute atomic E-state index is 13.5. The molecule has 0 unspecified atom stereocenters. The van der Waals surface area contributed by atoms with Gasteiger partial charge in [-0.2, -0.15) is 9.61 Å². The molecular formula is C23H25N4O3+. The van der Waals surface area contributed by atoms with Gasteiger partial charge in [-0.25, -0.2) is 4.79 Å². The maximum Gasteiger partial charge on any atom is 0.342 e. The fourth-order valence-corrected chi connectivity index (χ4v) is 5.11. The normalized spacial score (nSPS) is 15.8. The Morgan fingerprint density at radius 1 is 1.23 bits per heavy atom. The highest BCUT2D eigenvalue weighted by Crippen LogP contribution is 2.40. The molecular weight excluding hydrogens is 380 g/mol. The molecule has 0 spiro atoms. The average Bonchev–Trinajstić information content (AvgIpc) is 3.02. The predicted molar refractivity (Wildman–Crippen MR) is 117 cm³/mol. The molecule has 0 atom stereocenters. The lowest BCUT2D eigenvalue weighted by molar-refractivity contribution is -0.904. The summed E-state index contributed by atoms with van der Waals surface area (Å²) in [5.41, 5.74) is 3.51. The van der Waals surface area contributed by atoms with E-state index in [0.29, 0.717) is 22.2 Å². The van der Waals surface area contributed by atoms with Gasteiger partial charge in [0.25, 0.3) is 5.56 Å². The number of hydrogen-bond donors (Lipinski definition) is 0. The summed E-state index contributed by atoms with van der Waals surface area (Å²) < 4.78 is 7.46. The Morgan fingerprint density at radius 2 is 1.97 bits per heavy atom. The standard InChI is InChI=1S/C23H25N4O3/c1-6-30-23(29)18-13(2)24-26-21(18)16-9-7-8-15-19(16)17(22(26)28)10-14-11-27(4,5)12-25(3)20(14)15/h7-10H,6,11-12H2,1-5H3/q+1. The molecule has 4 aromatic rings. The summed E-state index contributed by atoms with van der Waals surface area (Å²) in [6.07, 6.45) is 0. The number of esters is 1. The SMILES string of the molecule is CCOC(=O)c1c(C)nn2c(=O)c3cc4c(c5cccc(c53)c12)N(C)C[N+](C)(C)C4. The van der Waals surface area contributed by atoms with Crippen LogP contribution < -0.4 is 10.5 Å². The molecule has 0 bridgehead atoms. The van der Waals surface area contributed by atoms with E-state index in [-0.39, 0.29) is 12.2 Å². The van der Waals surface area contributed by atoms with Gasteiger partial charge in [0.1, 0.15) is 12.1 Å². The average molecular weight is 405 g/mol. The first-order valence-electron chi connectivity index (χ1n) is 10.2. The highest BCUT2D eigenvalue weighted by molar-refractivity contribution is 6.21. The quantitative estimate of drug-likeness (QED) is 0.379. The fraction of sp³-hybridized carbons (Fsp3) is 0.348. The zero-order chi connectivity index (χ0) is 21.4. The van der Waals surface area contributed by atoms with Gasteiger partial charge in [-0.3, -0.25) is 4.79 Å². The smallest absolute Gasteiger partial charge is 0.342 e. The number of pyridine rings is 1. The van der Waals surface area contributed by atoms with Gasteiger partial charge in [0.2, 0.25) is 0 Å². The van der Waals surface area contributed by atoms with E-state index in [1.807, 2.05) is 18.2 Å². The number of carbonyl (C=O) groups is 1. The molecule has 0 aliphatic carbocycles. The van der Waals surface area contributed by atoms with Crippen molar-refractivity contribution in [2.75, 3.05) is 39.3 Å². The molecule has 154 valence electrons. The molecule has 0 radical (unpaired) electrons. The van der Waals surface area contributed by atoms with E-state index in [1.54, 1.807) is 13.8 Å². The highest BCUT2D eigenvalue weighted by atomic mass is 16.5.